The molecule has 1 aliphatic rings. The number of hydrogen-bond donors (Lipinski definition) is 2. The molecule has 0 bridgehead atoms. The van der Waals surface area contributed by atoms with E-state index < -0.39 is 22.5 Å². The first-order chi connectivity index (χ1) is 10.4. The average Bonchev–Trinajstić information content (AvgIpc) is 3.22. The number of rotatable bonds is 6. The summed E-state index contributed by atoms with van der Waals surface area (Å²) in [6, 6.07) is 0. The highest BCUT2D eigenvalue weighted by atomic mass is 16.5. The highest BCUT2D eigenvalue weighted by Gasteiger charge is 2.59. The molecule has 1 fully saturated rings. The summed E-state index contributed by atoms with van der Waals surface area (Å²) in [6.07, 6.45) is 1.66. The second kappa shape index (κ2) is 7.07. The van der Waals surface area contributed by atoms with Crippen LogP contribution in [0.3, 0.4) is 0 Å². The SMILES string of the molecule is C=C(C)C1([C@@](C)(O)[C@@H](O)C#CCCCOC(=O)C(C)(C)C)CC1. The van der Waals surface area contributed by atoms with Crippen molar-refractivity contribution in [2.45, 2.75) is 72.0 Å². The van der Waals surface area contributed by atoms with Crippen LogP contribution in [0.5, 0.6) is 0 Å². The number of aliphatic hydroxyl groups is 2. The van der Waals surface area contributed by atoms with Crippen LogP contribution in [0.2, 0.25) is 0 Å². The van der Waals surface area contributed by atoms with E-state index in [0.29, 0.717) is 19.4 Å². The van der Waals surface area contributed by atoms with Crippen molar-refractivity contribution in [3.63, 3.8) is 0 Å². The van der Waals surface area contributed by atoms with Gasteiger partial charge in [-0.25, -0.2) is 0 Å². The highest BCUT2D eigenvalue weighted by molar-refractivity contribution is 5.75. The summed E-state index contributed by atoms with van der Waals surface area (Å²) in [5.74, 6) is 5.35. The third-order valence-electron chi connectivity index (χ3n) is 4.60. The van der Waals surface area contributed by atoms with Crippen molar-refractivity contribution >= 4 is 5.97 Å². The number of unbranched alkanes of at least 4 members (excludes halogenated alkanes) is 1. The van der Waals surface area contributed by atoms with Gasteiger partial charge in [0.2, 0.25) is 0 Å². The van der Waals surface area contributed by atoms with Crippen molar-refractivity contribution in [2.75, 3.05) is 6.61 Å². The molecule has 1 rings (SSSR count). The van der Waals surface area contributed by atoms with Crippen LogP contribution in [0.4, 0.5) is 0 Å². The summed E-state index contributed by atoms with van der Waals surface area (Å²) in [5, 5.41) is 20.8. The van der Waals surface area contributed by atoms with Gasteiger partial charge in [0.05, 0.1) is 12.0 Å². The van der Waals surface area contributed by atoms with Gasteiger partial charge in [0, 0.05) is 11.8 Å². The molecule has 4 heteroatoms. The number of ether oxygens (including phenoxy) is 1. The van der Waals surface area contributed by atoms with Gasteiger partial charge in [-0.05, 0) is 53.9 Å². The summed E-state index contributed by atoms with van der Waals surface area (Å²) in [7, 11) is 0. The second-order valence-electron chi connectivity index (χ2n) is 7.72. The number of esters is 1. The Hall–Kier alpha value is -1.31. The van der Waals surface area contributed by atoms with E-state index in [0.717, 1.165) is 18.4 Å². The van der Waals surface area contributed by atoms with Gasteiger partial charge in [0.1, 0.15) is 11.7 Å². The molecule has 0 aliphatic heterocycles. The van der Waals surface area contributed by atoms with Crippen LogP contribution in [0, 0.1) is 22.7 Å². The third kappa shape index (κ3) is 4.59. The zero-order valence-electron chi connectivity index (χ0n) is 15.0. The lowest BCUT2D eigenvalue weighted by Gasteiger charge is -2.35. The Morgan fingerprint density at radius 2 is 1.91 bits per heavy atom. The third-order valence-corrected chi connectivity index (χ3v) is 4.60. The van der Waals surface area contributed by atoms with Crippen molar-refractivity contribution in [3.05, 3.63) is 12.2 Å². The Labute approximate surface area is 139 Å². The van der Waals surface area contributed by atoms with Crippen molar-refractivity contribution < 1.29 is 19.7 Å². The molecule has 0 heterocycles. The largest absolute Gasteiger partial charge is 0.465 e. The van der Waals surface area contributed by atoms with E-state index in [1.165, 1.54) is 0 Å². The van der Waals surface area contributed by atoms with E-state index in [9.17, 15) is 15.0 Å². The van der Waals surface area contributed by atoms with Crippen LogP contribution in [-0.4, -0.2) is 34.5 Å². The zero-order chi connectivity index (χ0) is 17.9. The van der Waals surface area contributed by atoms with Crippen LogP contribution in [0.1, 0.15) is 60.3 Å². The van der Waals surface area contributed by atoms with E-state index in [4.69, 9.17) is 4.74 Å². The fourth-order valence-electron chi connectivity index (χ4n) is 2.60. The van der Waals surface area contributed by atoms with E-state index in [2.05, 4.69) is 18.4 Å². The number of carbonyl (C=O) groups is 1. The van der Waals surface area contributed by atoms with Gasteiger partial charge < -0.3 is 14.9 Å². The first kappa shape index (κ1) is 19.7. The number of hydrogen-bond acceptors (Lipinski definition) is 4. The van der Waals surface area contributed by atoms with Gasteiger partial charge in [-0.2, -0.15) is 0 Å². The molecule has 1 saturated carbocycles. The Bertz CT molecular complexity index is 510. The van der Waals surface area contributed by atoms with Crippen LogP contribution >= 0.6 is 0 Å². The zero-order valence-corrected chi connectivity index (χ0v) is 15.0. The molecule has 0 radical (unpaired) electrons. The lowest BCUT2D eigenvalue weighted by Crippen LogP contribution is -2.47. The summed E-state index contributed by atoms with van der Waals surface area (Å²) < 4.78 is 5.15. The Morgan fingerprint density at radius 3 is 2.35 bits per heavy atom. The minimum absolute atomic E-state index is 0.231. The summed E-state index contributed by atoms with van der Waals surface area (Å²) in [5.41, 5.74) is -1.31. The molecule has 0 aromatic heterocycles. The van der Waals surface area contributed by atoms with E-state index in [1.807, 2.05) is 27.7 Å². The second-order valence-corrected chi connectivity index (χ2v) is 7.72. The Balaban J connectivity index is 2.42. The van der Waals surface area contributed by atoms with E-state index >= 15 is 0 Å². The van der Waals surface area contributed by atoms with Crippen molar-refractivity contribution in [2.24, 2.45) is 10.8 Å². The van der Waals surface area contributed by atoms with Crippen LogP contribution in [0.15, 0.2) is 12.2 Å². The molecular weight excluding hydrogens is 292 g/mol. The lowest BCUT2D eigenvalue weighted by molar-refractivity contribution is -0.152. The lowest BCUT2D eigenvalue weighted by atomic mass is 9.77. The fraction of sp³-hybridized carbons (Fsp3) is 0.737. The first-order valence-electron chi connectivity index (χ1n) is 8.17. The van der Waals surface area contributed by atoms with Crippen molar-refractivity contribution in [3.8, 4) is 11.8 Å². The predicted molar refractivity (Wildman–Crippen MR) is 90.5 cm³/mol. The molecular formula is C19H30O4. The Kier molecular flexibility index (Phi) is 6.06. The van der Waals surface area contributed by atoms with Crippen LogP contribution < -0.4 is 0 Å². The van der Waals surface area contributed by atoms with Crippen molar-refractivity contribution in [1.82, 2.24) is 0 Å². The fourth-order valence-corrected chi connectivity index (χ4v) is 2.60. The van der Waals surface area contributed by atoms with Gasteiger partial charge >= 0.3 is 5.97 Å². The molecule has 0 aromatic carbocycles. The van der Waals surface area contributed by atoms with Gasteiger partial charge in [-0.3, -0.25) is 4.79 Å². The first-order valence-corrected chi connectivity index (χ1v) is 8.17. The maximum absolute atomic E-state index is 11.6. The van der Waals surface area contributed by atoms with Gasteiger partial charge in [-0.15, -0.1) is 5.92 Å². The van der Waals surface area contributed by atoms with Gasteiger partial charge in [0.15, 0.2) is 0 Å². The molecule has 0 unspecified atom stereocenters. The summed E-state index contributed by atoms with van der Waals surface area (Å²) >= 11 is 0. The van der Waals surface area contributed by atoms with Gasteiger partial charge in [-0.1, -0.05) is 18.1 Å². The molecule has 0 aromatic rings. The normalized spacial score (nSPS) is 19.8. The van der Waals surface area contributed by atoms with Crippen molar-refractivity contribution in [1.29, 1.82) is 0 Å². The molecule has 0 amide bonds. The number of aliphatic hydroxyl groups excluding tert-OH is 1. The summed E-state index contributed by atoms with van der Waals surface area (Å²) in [6.45, 7) is 13.2. The molecule has 23 heavy (non-hydrogen) atoms. The minimum Gasteiger partial charge on any atom is -0.465 e. The smallest absolute Gasteiger partial charge is 0.311 e. The van der Waals surface area contributed by atoms with Crippen LogP contribution in [0.25, 0.3) is 0 Å². The maximum Gasteiger partial charge on any atom is 0.311 e. The molecule has 0 spiro atoms. The molecule has 4 nitrogen and oxygen atoms in total. The molecule has 2 N–H and O–H groups in total. The molecule has 0 saturated heterocycles. The van der Waals surface area contributed by atoms with Crippen LogP contribution in [-0.2, 0) is 9.53 Å². The monoisotopic (exact) mass is 322 g/mol. The predicted octanol–water partition coefficient (Wildman–Crippen LogP) is 2.83. The molecule has 1 aliphatic carbocycles. The Morgan fingerprint density at radius 1 is 1.35 bits per heavy atom. The van der Waals surface area contributed by atoms with E-state index in [1.54, 1.807) is 6.92 Å². The van der Waals surface area contributed by atoms with E-state index in [-0.39, 0.29) is 5.97 Å². The minimum atomic E-state index is -1.29. The number of carbonyl (C=O) groups excluding carboxylic acids is 1. The topological polar surface area (TPSA) is 66.8 Å². The average molecular weight is 322 g/mol. The molecule has 130 valence electrons. The highest BCUT2D eigenvalue weighted by Crippen LogP contribution is 2.59. The molecule has 2 atom stereocenters. The standard InChI is InChI=1S/C19H30O4/c1-14(2)19(11-12-19)18(6,22)15(20)10-8-7-9-13-23-16(21)17(3,4)5/h15,20,22H,1,7,9,11-13H2,2-6H3/t15-,18-/m0/s1. The summed E-state index contributed by atoms with van der Waals surface area (Å²) in [4.78, 5) is 11.6. The quantitative estimate of drug-likeness (QED) is 0.341. The maximum atomic E-state index is 11.6. The van der Waals surface area contributed by atoms with Gasteiger partial charge in [0.25, 0.3) is 0 Å².